The minimum Gasteiger partial charge on any atom is -0.337 e. The molecule has 1 heterocycles. The quantitative estimate of drug-likeness (QED) is 0.642. The fourth-order valence-electron chi connectivity index (χ4n) is 3.07. The second-order valence-corrected chi connectivity index (χ2v) is 7.51. The Hall–Kier alpha value is -1.05. The van der Waals surface area contributed by atoms with Gasteiger partial charge < -0.3 is 4.90 Å². The molecule has 2 nitrogen and oxygen atoms in total. The summed E-state index contributed by atoms with van der Waals surface area (Å²) in [5, 5.41) is 0. The van der Waals surface area contributed by atoms with Crippen LogP contribution in [0.15, 0.2) is 23.8 Å². The molecule has 0 N–H and O–H groups in total. The highest BCUT2D eigenvalue weighted by atomic mass is 16.2. The summed E-state index contributed by atoms with van der Waals surface area (Å²) < 4.78 is 0. The molecule has 0 aromatic carbocycles. The van der Waals surface area contributed by atoms with Gasteiger partial charge in [-0.05, 0) is 26.2 Å². The predicted molar refractivity (Wildman–Crippen MR) is 75.1 cm³/mol. The van der Waals surface area contributed by atoms with E-state index in [9.17, 15) is 4.79 Å². The lowest BCUT2D eigenvalue weighted by Gasteiger charge is -2.33. The molecule has 2 atom stereocenters. The molecule has 0 radical (unpaired) electrons. The number of allylic oxidation sites excluding steroid dienone is 2. The van der Waals surface area contributed by atoms with Crippen molar-refractivity contribution in [2.45, 2.75) is 47.1 Å². The van der Waals surface area contributed by atoms with Crippen LogP contribution < -0.4 is 0 Å². The first-order valence-electron chi connectivity index (χ1n) is 6.83. The van der Waals surface area contributed by atoms with Gasteiger partial charge in [0.25, 0.3) is 0 Å². The van der Waals surface area contributed by atoms with Gasteiger partial charge in [0, 0.05) is 18.0 Å². The molecule has 1 aliphatic carbocycles. The van der Waals surface area contributed by atoms with Crippen LogP contribution >= 0.6 is 0 Å². The van der Waals surface area contributed by atoms with Crippen molar-refractivity contribution in [2.24, 2.45) is 17.3 Å². The Bertz CT molecular complexity index is 417. The molecule has 2 aliphatic rings. The van der Waals surface area contributed by atoms with Crippen molar-refractivity contribution in [3.8, 4) is 0 Å². The highest BCUT2D eigenvalue weighted by Gasteiger charge is 2.46. The Balaban J connectivity index is 2.34. The largest absolute Gasteiger partial charge is 0.337 e. The molecule has 0 bridgehead atoms. The summed E-state index contributed by atoms with van der Waals surface area (Å²) in [6, 6.07) is 0. The minimum atomic E-state index is -0.0781. The Morgan fingerprint density at radius 2 is 1.78 bits per heavy atom. The van der Waals surface area contributed by atoms with Crippen molar-refractivity contribution < 1.29 is 4.79 Å². The smallest absolute Gasteiger partial charge is 0.230 e. The molecule has 0 spiro atoms. The molecule has 0 saturated carbocycles. The predicted octanol–water partition coefficient (Wildman–Crippen LogP) is 3.40. The molecule has 2 heteroatoms. The summed E-state index contributed by atoms with van der Waals surface area (Å²) in [6.07, 6.45) is 6.35. The normalized spacial score (nSPS) is 28.4. The SMILES string of the molecule is CC(C)(C)C1=CC=CC2C(=O)N(C(C)(C)C)CC12. The molecule has 1 fully saturated rings. The summed E-state index contributed by atoms with van der Waals surface area (Å²) in [5.41, 5.74) is 1.47. The zero-order valence-corrected chi connectivity index (χ0v) is 12.4. The maximum atomic E-state index is 12.5. The van der Waals surface area contributed by atoms with Crippen LogP contribution in [-0.2, 0) is 4.79 Å². The summed E-state index contributed by atoms with van der Waals surface area (Å²) in [4.78, 5) is 14.5. The average Bonchev–Trinajstić information content (AvgIpc) is 2.54. The molecular formula is C16H25NO. The molecular weight excluding hydrogens is 222 g/mol. The van der Waals surface area contributed by atoms with E-state index in [0.717, 1.165) is 6.54 Å². The molecule has 2 rings (SSSR count). The number of fused-ring (bicyclic) bond motifs is 1. The van der Waals surface area contributed by atoms with E-state index >= 15 is 0 Å². The van der Waals surface area contributed by atoms with Crippen LogP contribution in [0.1, 0.15) is 41.5 Å². The van der Waals surface area contributed by atoms with Crippen LogP contribution in [0, 0.1) is 17.3 Å². The summed E-state index contributed by atoms with van der Waals surface area (Å²) in [6.45, 7) is 13.9. The fraction of sp³-hybridized carbons (Fsp3) is 0.688. The second kappa shape index (κ2) is 3.97. The number of hydrogen-bond acceptors (Lipinski definition) is 1. The number of carbonyl (C=O) groups is 1. The van der Waals surface area contributed by atoms with Gasteiger partial charge in [-0.1, -0.05) is 44.6 Å². The van der Waals surface area contributed by atoms with E-state index in [1.54, 1.807) is 0 Å². The van der Waals surface area contributed by atoms with Gasteiger partial charge in [-0.3, -0.25) is 4.79 Å². The van der Waals surface area contributed by atoms with Crippen molar-refractivity contribution in [1.29, 1.82) is 0 Å². The minimum absolute atomic E-state index is 0.0587. The van der Waals surface area contributed by atoms with E-state index in [2.05, 4.69) is 59.8 Å². The first-order valence-corrected chi connectivity index (χ1v) is 6.83. The van der Waals surface area contributed by atoms with Crippen molar-refractivity contribution in [2.75, 3.05) is 6.54 Å². The van der Waals surface area contributed by atoms with Crippen LogP contribution in [0.25, 0.3) is 0 Å². The maximum Gasteiger partial charge on any atom is 0.230 e. The van der Waals surface area contributed by atoms with Crippen molar-refractivity contribution in [1.82, 2.24) is 4.90 Å². The zero-order valence-electron chi connectivity index (χ0n) is 12.4. The van der Waals surface area contributed by atoms with E-state index < -0.39 is 0 Å². The van der Waals surface area contributed by atoms with Crippen molar-refractivity contribution in [3.05, 3.63) is 23.8 Å². The second-order valence-electron chi connectivity index (χ2n) is 7.51. The monoisotopic (exact) mass is 247 g/mol. The number of carbonyl (C=O) groups excluding carboxylic acids is 1. The third-order valence-corrected chi connectivity index (χ3v) is 4.03. The average molecular weight is 247 g/mol. The maximum absolute atomic E-state index is 12.5. The van der Waals surface area contributed by atoms with Crippen LogP contribution in [0.4, 0.5) is 0 Å². The third-order valence-electron chi connectivity index (χ3n) is 4.03. The molecule has 0 aromatic heterocycles. The van der Waals surface area contributed by atoms with Crippen LogP contribution in [0.5, 0.6) is 0 Å². The van der Waals surface area contributed by atoms with Gasteiger partial charge >= 0.3 is 0 Å². The van der Waals surface area contributed by atoms with Gasteiger partial charge in [0.15, 0.2) is 0 Å². The molecule has 2 unspecified atom stereocenters. The molecule has 18 heavy (non-hydrogen) atoms. The zero-order chi connectivity index (χ0) is 13.7. The van der Waals surface area contributed by atoms with Crippen molar-refractivity contribution in [3.63, 3.8) is 0 Å². The highest BCUT2D eigenvalue weighted by molar-refractivity contribution is 5.85. The van der Waals surface area contributed by atoms with E-state index in [0.29, 0.717) is 11.8 Å². The van der Waals surface area contributed by atoms with Crippen LogP contribution in [-0.4, -0.2) is 22.9 Å². The summed E-state index contributed by atoms with van der Waals surface area (Å²) in [5.74, 6) is 0.712. The van der Waals surface area contributed by atoms with Gasteiger partial charge in [-0.15, -0.1) is 0 Å². The lowest BCUT2D eigenvalue weighted by Crippen LogP contribution is -2.43. The number of nitrogens with zero attached hydrogens (tertiary/aromatic N) is 1. The fourth-order valence-corrected chi connectivity index (χ4v) is 3.07. The number of rotatable bonds is 0. The number of likely N-dealkylation sites (tertiary alicyclic amines) is 1. The number of hydrogen-bond donors (Lipinski definition) is 0. The lowest BCUT2D eigenvalue weighted by atomic mass is 9.72. The van der Waals surface area contributed by atoms with Gasteiger partial charge in [-0.25, -0.2) is 0 Å². The number of amides is 1. The van der Waals surface area contributed by atoms with Gasteiger partial charge in [0.05, 0.1) is 5.92 Å². The van der Waals surface area contributed by atoms with Crippen molar-refractivity contribution >= 4 is 5.91 Å². The Labute approximate surface area is 111 Å². The Morgan fingerprint density at radius 3 is 2.28 bits per heavy atom. The van der Waals surface area contributed by atoms with E-state index in [-0.39, 0.29) is 16.9 Å². The van der Waals surface area contributed by atoms with E-state index in [1.165, 1.54) is 5.57 Å². The Morgan fingerprint density at radius 1 is 1.17 bits per heavy atom. The van der Waals surface area contributed by atoms with Crippen LogP contribution in [0.3, 0.4) is 0 Å². The topological polar surface area (TPSA) is 20.3 Å². The standard InChI is InChI=1S/C16H25NO/c1-15(2,3)13-9-7-8-11-12(13)10-17(14(11)18)16(4,5)6/h7-9,11-12H,10H2,1-6H3. The summed E-state index contributed by atoms with van der Waals surface area (Å²) >= 11 is 0. The van der Waals surface area contributed by atoms with Gasteiger partial charge in [0.2, 0.25) is 5.91 Å². The molecule has 1 aliphatic heterocycles. The first kappa shape index (κ1) is 13.4. The summed E-state index contributed by atoms with van der Waals surface area (Å²) in [7, 11) is 0. The molecule has 100 valence electrons. The molecule has 1 amide bonds. The first-order chi connectivity index (χ1) is 8.12. The van der Waals surface area contributed by atoms with Gasteiger partial charge in [0.1, 0.15) is 0 Å². The third kappa shape index (κ3) is 2.13. The highest BCUT2D eigenvalue weighted by Crippen LogP contribution is 2.44. The lowest BCUT2D eigenvalue weighted by molar-refractivity contribution is -0.133. The molecule has 1 saturated heterocycles. The Kier molecular flexibility index (Phi) is 2.95. The van der Waals surface area contributed by atoms with Crippen LogP contribution in [0.2, 0.25) is 0 Å². The van der Waals surface area contributed by atoms with Gasteiger partial charge in [-0.2, -0.15) is 0 Å². The van der Waals surface area contributed by atoms with E-state index in [1.807, 2.05) is 4.90 Å². The molecule has 0 aromatic rings. The van der Waals surface area contributed by atoms with E-state index in [4.69, 9.17) is 0 Å².